The first-order valence-electron chi connectivity index (χ1n) is 10.7. The van der Waals surface area contributed by atoms with E-state index in [4.69, 9.17) is 16.7 Å². The number of aromatic carboxylic acids is 1. The third-order valence-corrected chi connectivity index (χ3v) is 6.58. The summed E-state index contributed by atoms with van der Waals surface area (Å²) in [4.78, 5) is 41.8. The van der Waals surface area contributed by atoms with E-state index in [2.05, 4.69) is 20.9 Å². The van der Waals surface area contributed by atoms with Crippen molar-refractivity contribution in [1.82, 2.24) is 9.55 Å². The van der Waals surface area contributed by atoms with Crippen LogP contribution in [-0.4, -0.2) is 26.4 Å². The summed E-state index contributed by atoms with van der Waals surface area (Å²) in [6.45, 7) is 0. The number of ketones is 1. The Kier molecular flexibility index (Phi) is 7.58. The molecule has 0 aliphatic carbocycles. The normalized spacial score (nSPS) is 11.7. The van der Waals surface area contributed by atoms with Gasteiger partial charge in [-0.15, -0.1) is 0 Å². The number of hydrogen-bond acceptors (Lipinski definition) is 4. The first-order valence-corrected chi connectivity index (χ1v) is 11.9. The Balaban J connectivity index is 1.68. The minimum absolute atomic E-state index is 0.0592. The van der Waals surface area contributed by atoms with E-state index >= 15 is 0 Å². The fourth-order valence-corrected chi connectivity index (χ4v) is 4.47. The average molecular weight is 552 g/mol. The van der Waals surface area contributed by atoms with Crippen molar-refractivity contribution in [2.75, 3.05) is 0 Å². The van der Waals surface area contributed by atoms with Crippen LogP contribution < -0.4 is 5.56 Å². The zero-order valence-electron chi connectivity index (χ0n) is 18.4. The minimum atomic E-state index is -1.03. The maximum Gasteiger partial charge on any atom is 0.335 e. The third-order valence-electron chi connectivity index (χ3n) is 5.65. The van der Waals surface area contributed by atoms with Crippen LogP contribution in [0.15, 0.2) is 94.6 Å². The Hall–Kier alpha value is -3.55. The summed E-state index contributed by atoms with van der Waals surface area (Å²) in [5.41, 5.74) is 2.83. The van der Waals surface area contributed by atoms with E-state index in [1.54, 1.807) is 48.9 Å². The summed E-state index contributed by atoms with van der Waals surface area (Å²) >= 11 is 9.63. The number of carbonyl (C=O) groups excluding carboxylic acids is 1. The molecule has 0 aliphatic heterocycles. The second-order valence-electron chi connectivity index (χ2n) is 8.01. The molecule has 0 saturated carbocycles. The van der Waals surface area contributed by atoms with Gasteiger partial charge in [-0.05, 0) is 70.8 Å². The molecule has 2 aromatic carbocycles. The molecule has 2 heterocycles. The van der Waals surface area contributed by atoms with Crippen molar-refractivity contribution in [3.63, 3.8) is 0 Å². The van der Waals surface area contributed by atoms with E-state index in [1.165, 1.54) is 22.8 Å². The zero-order chi connectivity index (χ0) is 24.9. The number of benzene rings is 2. The van der Waals surface area contributed by atoms with Crippen LogP contribution in [0.25, 0.3) is 11.1 Å². The highest BCUT2D eigenvalue weighted by atomic mass is 79.9. The van der Waals surface area contributed by atoms with Crippen LogP contribution >= 0.6 is 27.5 Å². The molecule has 0 spiro atoms. The van der Waals surface area contributed by atoms with Crippen LogP contribution in [0.3, 0.4) is 0 Å². The highest BCUT2D eigenvalue weighted by Crippen LogP contribution is 2.30. The molecule has 4 rings (SSSR count). The molecule has 1 unspecified atom stereocenters. The number of hydrogen-bond donors (Lipinski definition) is 1. The zero-order valence-corrected chi connectivity index (χ0v) is 20.7. The number of carbonyl (C=O) groups is 2. The van der Waals surface area contributed by atoms with Gasteiger partial charge in [0.2, 0.25) is 0 Å². The number of carboxylic acids is 1. The number of halogens is 2. The standard InChI is InChI=1S/C27H20BrClN2O4/c28-23-6-5-21(29)16-22(23)20-9-12-31(26(33)15-20)24(13-18-7-10-30-11-8-18)25(32)14-17-1-3-19(4-2-17)27(34)35/h1-12,15-16,24H,13-14H2,(H,34,35). The van der Waals surface area contributed by atoms with Gasteiger partial charge in [-0.2, -0.15) is 0 Å². The predicted molar refractivity (Wildman–Crippen MR) is 138 cm³/mol. The molecular formula is C27H20BrClN2O4. The molecular weight excluding hydrogens is 532 g/mol. The molecule has 35 heavy (non-hydrogen) atoms. The molecule has 0 amide bonds. The van der Waals surface area contributed by atoms with Crippen molar-refractivity contribution in [3.8, 4) is 11.1 Å². The van der Waals surface area contributed by atoms with Crippen LogP contribution in [-0.2, 0) is 17.6 Å². The fraction of sp³-hybridized carbons (Fsp3) is 0.111. The molecule has 2 aromatic heterocycles. The summed E-state index contributed by atoms with van der Waals surface area (Å²) in [6.07, 6.45) is 5.29. The minimum Gasteiger partial charge on any atom is -0.478 e. The maximum atomic E-state index is 13.4. The Bertz CT molecular complexity index is 1440. The second kappa shape index (κ2) is 10.8. The van der Waals surface area contributed by atoms with Crippen molar-refractivity contribution < 1.29 is 14.7 Å². The molecule has 0 fully saturated rings. The number of carboxylic acid groups (broad SMARTS) is 1. The monoisotopic (exact) mass is 550 g/mol. The van der Waals surface area contributed by atoms with Crippen LogP contribution in [0.1, 0.15) is 27.5 Å². The van der Waals surface area contributed by atoms with Gasteiger partial charge >= 0.3 is 5.97 Å². The van der Waals surface area contributed by atoms with E-state index < -0.39 is 12.0 Å². The van der Waals surface area contributed by atoms with E-state index in [-0.39, 0.29) is 23.3 Å². The Morgan fingerprint density at radius 2 is 1.69 bits per heavy atom. The van der Waals surface area contributed by atoms with Gasteiger partial charge in [-0.1, -0.05) is 39.7 Å². The SMILES string of the molecule is O=C(O)c1ccc(CC(=O)C(Cc2ccncc2)n2ccc(-c3cc(Cl)ccc3Br)cc2=O)cc1. The molecule has 4 aromatic rings. The summed E-state index contributed by atoms with van der Waals surface area (Å²) in [5.74, 6) is -1.19. The highest BCUT2D eigenvalue weighted by Gasteiger charge is 2.23. The van der Waals surface area contributed by atoms with E-state index in [1.807, 2.05) is 18.2 Å². The van der Waals surface area contributed by atoms with Crippen molar-refractivity contribution in [3.05, 3.63) is 122 Å². The maximum absolute atomic E-state index is 13.4. The first kappa shape index (κ1) is 24.6. The highest BCUT2D eigenvalue weighted by molar-refractivity contribution is 9.10. The van der Waals surface area contributed by atoms with Gasteiger partial charge in [0.1, 0.15) is 0 Å². The van der Waals surface area contributed by atoms with Crippen LogP contribution in [0.5, 0.6) is 0 Å². The Morgan fingerprint density at radius 1 is 0.971 bits per heavy atom. The van der Waals surface area contributed by atoms with Gasteiger partial charge in [0, 0.05) is 47.0 Å². The summed E-state index contributed by atoms with van der Waals surface area (Å²) in [5, 5.41) is 9.65. The summed E-state index contributed by atoms with van der Waals surface area (Å²) < 4.78 is 2.24. The third kappa shape index (κ3) is 5.93. The molecule has 1 atom stereocenters. The lowest BCUT2D eigenvalue weighted by molar-refractivity contribution is -0.121. The molecule has 0 bridgehead atoms. The number of aromatic nitrogens is 2. The van der Waals surface area contributed by atoms with Crippen LogP contribution in [0.2, 0.25) is 5.02 Å². The largest absolute Gasteiger partial charge is 0.478 e. The van der Waals surface area contributed by atoms with E-state index in [9.17, 15) is 14.4 Å². The molecule has 0 saturated heterocycles. The topological polar surface area (TPSA) is 89.3 Å². The Morgan fingerprint density at radius 3 is 2.34 bits per heavy atom. The van der Waals surface area contributed by atoms with Crippen molar-refractivity contribution in [2.45, 2.75) is 18.9 Å². The van der Waals surface area contributed by atoms with Gasteiger partial charge in [0.25, 0.3) is 5.56 Å². The number of Topliss-reactive ketones (excluding diaryl/α,β-unsaturated/α-hetero) is 1. The van der Waals surface area contributed by atoms with Crippen LogP contribution in [0, 0.1) is 0 Å². The van der Waals surface area contributed by atoms with Gasteiger partial charge < -0.3 is 9.67 Å². The molecule has 8 heteroatoms. The van der Waals surface area contributed by atoms with Gasteiger partial charge in [-0.3, -0.25) is 14.6 Å². The summed E-state index contributed by atoms with van der Waals surface area (Å²) in [7, 11) is 0. The van der Waals surface area contributed by atoms with Crippen molar-refractivity contribution in [2.24, 2.45) is 0 Å². The van der Waals surface area contributed by atoms with Gasteiger partial charge in [0.05, 0.1) is 11.6 Å². The van der Waals surface area contributed by atoms with Gasteiger partial charge in [0.15, 0.2) is 5.78 Å². The smallest absolute Gasteiger partial charge is 0.335 e. The first-order chi connectivity index (χ1) is 16.8. The van der Waals surface area contributed by atoms with Gasteiger partial charge in [-0.25, -0.2) is 4.79 Å². The molecule has 176 valence electrons. The second-order valence-corrected chi connectivity index (χ2v) is 9.30. The molecule has 6 nitrogen and oxygen atoms in total. The lowest BCUT2D eigenvalue weighted by Gasteiger charge is -2.20. The fourth-order valence-electron chi connectivity index (χ4n) is 3.83. The van der Waals surface area contributed by atoms with E-state index in [0.717, 1.165) is 15.6 Å². The molecule has 0 aliphatic rings. The quantitative estimate of drug-likeness (QED) is 0.307. The molecule has 0 radical (unpaired) electrons. The lowest BCUT2D eigenvalue weighted by atomic mass is 9.97. The number of nitrogens with zero attached hydrogens (tertiary/aromatic N) is 2. The number of rotatable bonds is 8. The summed E-state index contributed by atoms with van der Waals surface area (Å²) in [6, 6.07) is 17.6. The molecule has 1 N–H and O–H groups in total. The lowest BCUT2D eigenvalue weighted by Crippen LogP contribution is -2.31. The Labute approximate surface area is 215 Å². The van der Waals surface area contributed by atoms with Crippen molar-refractivity contribution >= 4 is 39.3 Å². The predicted octanol–water partition coefficient (Wildman–Crippen LogP) is 5.62. The van der Waals surface area contributed by atoms with Crippen molar-refractivity contribution in [1.29, 1.82) is 0 Å². The van der Waals surface area contributed by atoms with Crippen LogP contribution in [0.4, 0.5) is 0 Å². The average Bonchev–Trinajstić information content (AvgIpc) is 2.85. The number of pyridine rings is 2. The van der Waals surface area contributed by atoms with E-state index in [0.29, 0.717) is 22.6 Å².